The molecule has 3 N–H and O–H groups in total. The van der Waals surface area contributed by atoms with Crippen LogP contribution in [0, 0.1) is 0 Å². The number of pyridine rings is 1. The Morgan fingerprint density at radius 1 is 1.32 bits per heavy atom. The first kappa shape index (κ1) is 21.1. The number of hydrogen-bond donors (Lipinski definition) is 3. The molecule has 0 radical (unpaired) electrons. The summed E-state index contributed by atoms with van der Waals surface area (Å²) in [6.07, 6.45) is 6.58. The molecular weight excluding hydrogens is 448 g/mol. The van der Waals surface area contributed by atoms with E-state index in [0.29, 0.717) is 30.5 Å². The number of aromatic nitrogens is 3. The zero-order valence-corrected chi connectivity index (χ0v) is 19.7. The van der Waals surface area contributed by atoms with Crippen LogP contribution in [-0.4, -0.2) is 58.5 Å². The highest BCUT2D eigenvalue weighted by Crippen LogP contribution is 2.41. The molecule has 0 bridgehead atoms. The number of H-pyrrole nitrogens is 1. The normalized spacial score (nSPS) is 18.1. The molecule has 0 spiro atoms. The van der Waals surface area contributed by atoms with E-state index in [-0.39, 0.29) is 5.91 Å². The van der Waals surface area contributed by atoms with Crippen molar-refractivity contribution in [2.75, 3.05) is 32.1 Å². The molecule has 9 heteroatoms. The smallest absolute Gasteiger partial charge is 0.255 e. The van der Waals surface area contributed by atoms with Crippen LogP contribution < -0.4 is 15.4 Å². The molecule has 3 aromatic heterocycles. The number of hydrogen-bond acceptors (Lipinski definition) is 7. The van der Waals surface area contributed by atoms with Crippen molar-refractivity contribution in [3.63, 3.8) is 0 Å². The fourth-order valence-corrected chi connectivity index (χ4v) is 5.61. The topological polar surface area (TPSA) is 95.2 Å². The van der Waals surface area contributed by atoms with E-state index in [4.69, 9.17) is 4.74 Å². The van der Waals surface area contributed by atoms with E-state index in [9.17, 15) is 4.79 Å². The van der Waals surface area contributed by atoms with E-state index < -0.39 is 0 Å². The largest absolute Gasteiger partial charge is 0.490 e. The van der Waals surface area contributed by atoms with Crippen molar-refractivity contribution in [3.8, 4) is 17.0 Å². The van der Waals surface area contributed by atoms with Crippen LogP contribution >= 0.6 is 11.3 Å². The summed E-state index contributed by atoms with van der Waals surface area (Å²) in [4.78, 5) is 27.7. The number of ether oxygens (including phenoxy) is 1. The van der Waals surface area contributed by atoms with E-state index in [1.54, 1.807) is 23.7 Å². The summed E-state index contributed by atoms with van der Waals surface area (Å²) < 4.78 is 7.40. The van der Waals surface area contributed by atoms with Gasteiger partial charge in [0.05, 0.1) is 39.0 Å². The van der Waals surface area contributed by atoms with Crippen molar-refractivity contribution < 1.29 is 9.53 Å². The van der Waals surface area contributed by atoms with E-state index in [1.165, 1.54) is 6.42 Å². The predicted molar refractivity (Wildman–Crippen MR) is 134 cm³/mol. The predicted octanol–water partition coefficient (Wildman–Crippen LogP) is 4.19. The van der Waals surface area contributed by atoms with E-state index in [1.807, 2.05) is 29.8 Å². The zero-order valence-electron chi connectivity index (χ0n) is 18.9. The average Bonchev–Trinajstić information content (AvgIpc) is 3.58. The molecule has 1 unspecified atom stereocenters. The number of aromatic amines is 1. The van der Waals surface area contributed by atoms with Gasteiger partial charge in [-0.1, -0.05) is 6.07 Å². The van der Waals surface area contributed by atoms with Gasteiger partial charge in [-0.05, 0) is 44.6 Å². The van der Waals surface area contributed by atoms with Gasteiger partial charge in [-0.15, -0.1) is 11.3 Å². The lowest BCUT2D eigenvalue weighted by Gasteiger charge is -2.20. The van der Waals surface area contributed by atoms with E-state index in [0.717, 1.165) is 57.9 Å². The number of carbonyl (C=O) groups is 1. The molecule has 1 aromatic carbocycles. The Bertz CT molecular complexity index is 1360. The average molecular weight is 475 g/mol. The first-order valence-electron chi connectivity index (χ1n) is 11.6. The number of amides is 1. The molecule has 1 amide bonds. The summed E-state index contributed by atoms with van der Waals surface area (Å²) in [5, 5.41) is 6.52. The second-order valence-electron chi connectivity index (χ2n) is 8.82. The highest BCUT2D eigenvalue weighted by molar-refractivity contribution is 7.16. The Hall–Kier alpha value is -3.43. The van der Waals surface area contributed by atoms with Gasteiger partial charge in [-0.25, -0.2) is 4.98 Å². The van der Waals surface area contributed by atoms with Crippen molar-refractivity contribution in [1.29, 1.82) is 0 Å². The molecule has 2 aliphatic heterocycles. The fraction of sp³-hybridized carbons (Fsp3) is 0.320. The molecule has 2 aliphatic rings. The maximum absolute atomic E-state index is 12.9. The molecule has 0 aliphatic carbocycles. The molecular formula is C25H26N6O2S. The number of nitrogens with one attached hydrogen (secondary N) is 3. The molecule has 5 heterocycles. The highest BCUT2D eigenvalue weighted by Gasteiger charge is 2.29. The lowest BCUT2D eigenvalue weighted by atomic mass is 10.0. The number of anilines is 2. The molecule has 1 saturated heterocycles. The first-order chi connectivity index (χ1) is 16.7. The van der Waals surface area contributed by atoms with Crippen LogP contribution in [0.15, 0.2) is 42.2 Å². The third-order valence-electron chi connectivity index (χ3n) is 6.74. The zero-order chi connectivity index (χ0) is 23.1. The summed E-state index contributed by atoms with van der Waals surface area (Å²) >= 11 is 1.59. The number of thiazole rings is 1. The number of likely N-dealkylation sites (N-methyl/N-ethyl adjacent to an activating group) is 1. The number of carbonyl (C=O) groups excluding carboxylic acids is 1. The molecule has 8 nitrogen and oxygen atoms in total. The molecule has 4 aromatic rings. The van der Waals surface area contributed by atoms with Crippen LogP contribution in [0.5, 0.6) is 5.75 Å². The standard InChI is InChI=1S/C25H26N6O2S/c1-31-11-3-4-15(31)13-33-19-12-26-9-7-16(19)22-24(21-17(29-22)8-10-27-25(21)32)30-18-5-2-6-20-23(18)28-14-34-20/h2,5-7,9,12,14-15,29-30H,3-4,8,10-11,13H2,1H3,(H,27,32). The van der Waals surface area contributed by atoms with Crippen LogP contribution in [-0.2, 0) is 6.42 Å². The van der Waals surface area contributed by atoms with E-state index >= 15 is 0 Å². The Morgan fingerprint density at radius 2 is 2.26 bits per heavy atom. The van der Waals surface area contributed by atoms with Crippen molar-refractivity contribution in [1.82, 2.24) is 25.2 Å². The minimum atomic E-state index is -0.0826. The Kier molecular flexibility index (Phi) is 5.43. The van der Waals surface area contributed by atoms with Crippen LogP contribution in [0.3, 0.4) is 0 Å². The maximum atomic E-state index is 12.9. The number of nitrogens with zero attached hydrogens (tertiary/aromatic N) is 3. The highest BCUT2D eigenvalue weighted by atomic mass is 32.1. The SMILES string of the molecule is CN1CCCC1COc1cnccc1-c1[nH]c2c(c1Nc1cccc3scnc13)C(=O)NCC2. The van der Waals surface area contributed by atoms with Gasteiger partial charge in [0.2, 0.25) is 0 Å². The van der Waals surface area contributed by atoms with Gasteiger partial charge in [0.1, 0.15) is 17.9 Å². The van der Waals surface area contributed by atoms with Crippen molar-refractivity contribution in [2.24, 2.45) is 0 Å². The number of fused-ring (bicyclic) bond motifs is 2. The summed E-state index contributed by atoms with van der Waals surface area (Å²) in [5.74, 6) is 0.623. The summed E-state index contributed by atoms with van der Waals surface area (Å²) in [6, 6.07) is 8.38. The number of para-hydroxylation sites is 1. The molecule has 34 heavy (non-hydrogen) atoms. The minimum Gasteiger partial charge on any atom is -0.490 e. The Balaban J connectivity index is 1.42. The van der Waals surface area contributed by atoms with Gasteiger partial charge in [0, 0.05) is 36.5 Å². The van der Waals surface area contributed by atoms with Gasteiger partial charge in [-0.2, -0.15) is 0 Å². The molecule has 0 saturated carbocycles. The summed E-state index contributed by atoms with van der Waals surface area (Å²) in [6.45, 7) is 2.32. The van der Waals surface area contributed by atoms with Gasteiger partial charge in [-0.3, -0.25) is 9.78 Å². The second-order valence-corrected chi connectivity index (χ2v) is 9.71. The number of benzene rings is 1. The molecule has 1 atom stereocenters. The quantitative estimate of drug-likeness (QED) is 0.388. The van der Waals surface area contributed by atoms with Crippen LogP contribution in [0.25, 0.3) is 21.5 Å². The molecule has 1 fully saturated rings. The number of rotatable bonds is 6. The lowest BCUT2D eigenvalue weighted by molar-refractivity contribution is 0.0947. The van der Waals surface area contributed by atoms with Crippen LogP contribution in [0.4, 0.5) is 11.4 Å². The second kappa shape index (κ2) is 8.73. The first-order valence-corrected chi connectivity index (χ1v) is 12.5. The third-order valence-corrected chi connectivity index (χ3v) is 7.54. The Morgan fingerprint density at radius 3 is 3.15 bits per heavy atom. The lowest BCUT2D eigenvalue weighted by Crippen LogP contribution is -2.31. The number of likely N-dealkylation sites (tertiary alicyclic amines) is 1. The van der Waals surface area contributed by atoms with Gasteiger partial charge in [0.15, 0.2) is 0 Å². The summed E-state index contributed by atoms with van der Waals surface area (Å²) in [5.41, 5.74) is 7.60. The van der Waals surface area contributed by atoms with Gasteiger partial charge >= 0.3 is 0 Å². The van der Waals surface area contributed by atoms with Gasteiger partial charge in [0.25, 0.3) is 5.91 Å². The maximum Gasteiger partial charge on any atom is 0.255 e. The van der Waals surface area contributed by atoms with Crippen molar-refractivity contribution in [3.05, 3.63) is 53.4 Å². The van der Waals surface area contributed by atoms with Crippen molar-refractivity contribution in [2.45, 2.75) is 25.3 Å². The van der Waals surface area contributed by atoms with Crippen molar-refractivity contribution >= 4 is 38.8 Å². The van der Waals surface area contributed by atoms with Gasteiger partial charge < -0.3 is 25.3 Å². The fourth-order valence-electron chi connectivity index (χ4n) is 4.91. The monoisotopic (exact) mass is 474 g/mol. The third kappa shape index (κ3) is 3.70. The Labute approximate surface area is 201 Å². The molecule has 6 rings (SSSR count). The van der Waals surface area contributed by atoms with Crippen LogP contribution in [0.2, 0.25) is 0 Å². The van der Waals surface area contributed by atoms with E-state index in [2.05, 4.69) is 37.5 Å². The molecule has 174 valence electrons. The minimum absolute atomic E-state index is 0.0826. The summed E-state index contributed by atoms with van der Waals surface area (Å²) in [7, 11) is 2.14. The van der Waals surface area contributed by atoms with Crippen LogP contribution in [0.1, 0.15) is 28.9 Å².